The third-order valence-corrected chi connectivity index (χ3v) is 3.35. The van der Waals surface area contributed by atoms with Gasteiger partial charge in [-0.25, -0.2) is 0 Å². The van der Waals surface area contributed by atoms with Gasteiger partial charge < -0.3 is 4.90 Å². The Bertz CT molecular complexity index is 151. The number of nitrogens with zero attached hydrogens (tertiary/aromatic N) is 1. The number of likely N-dealkylation sites (tertiary alicyclic amines) is 1. The molecule has 0 spiro atoms. The Balaban J connectivity index is 1.84. The summed E-state index contributed by atoms with van der Waals surface area (Å²) in [5, 5.41) is 0. The molecule has 90 valence electrons. The molecule has 0 N–H and O–H groups in total. The first-order valence-corrected chi connectivity index (χ1v) is 6.80. The first-order valence-electron chi connectivity index (χ1n) is 6.80. The van der Waals surface area contributed by atoms with Crippen molar-refractivity contribution in [3.8, 4) is 0 Å². The van der Waals surface area contributed by atoms with Crippen molar-refractivity contribution in [1.82, 2.24) is 4.90 Å². The fourth-order valence-electron chi connectivity index (χ4n) is 2.35. The van der Waals surface area contributed by atoms with E-state index in [1.165, 1.54) is 64.6 Å². The Hall–Kier alpha value is -0.0400. The lowest BCUT2D eigenvalue weighted by molar-refractivity contribution is 0.320. The maximum atomic E-state index is 2.63. The van der Waals surface area contributed by atoms with Crippen LogP contribution in [0.2, 0.25) is 0 Å². The molecule has 1 aliphatic heterocycles. The van der Waals surface area contributed by atoms with E-state index in [9.17, 15) is 0 Å². The molecule has 0 radical (unpaired) electrons. The molecule has 0 saturated carbocycles. The van der Waals surface area contributed by atoms with Gasteiger partial charge in [-0.2, -0.15) is 0 Å². The molecule has 0 atom stereocenters. The highest BCUT2D eigenvalue weighted by molar-refractivity contribution is 4.66. The Morgan fingerprint density at radius 3 is 2.07 bits per heavy atom. The Kier molecular flexibility index (Phi) is 5.66. The average molecular weight is 211 g/mol. The van der Waals surface area contributed by atoms with Crippen molar-refractivity contribution >= 4 is 0 Å². The third kappa shape index (κ3) is 6.94. The summed E-state index contributed by atoms with van der Waals surface area (Å²) in [6.45, 7) is 11.1. The highest BCUT2D eigenvalue weighted by Gasteiger charge is 2.11. The van der Waals surface area contributed by atoms with Crippen LogP contribution in [0.5, 0.6) is 0 Å². The summed E-state index contributed by atoms with van der Waals surface area (Å²) in [6.07, 6.45) is 9.97. The molecule has 0 unspecified atom stereocenters. The van der Waals surface area contributed by atoms with Crippen LogP contribution in [0, 0.1) is 5.41 Å². The van der Waals surface area contributed by atoms with Gasteiger partial charge in [0, 0.05) is 0 Å². The second-order valence-electron chi connectivity index (χ2n) is 6.27. The van der Waals surface area contributed by atoms with E-state index in [1.54, 1.807) is 0 Å². The van der Waals surface area contributed by atoms with Gasteiger partial charge in [-0.05, 0) is 50.7 Å². The molecule has 1 saturated heterocycles. The van der Waals surface area contributed by atoms with Gasteiger partial charge in [0.05, 0.1) is 0 Å². The van der Waals surface area contributed by atoms with Crippen LogP contribution in [0.25, 0.3) is 0 Å². The minimum Gasteiger partial charge on any atom is -0.303 e. The van der Waals surface area contributed by atoms with E-state index in [2.05, 4.69) is 25.7 Å². The average Bonchev–Trinajstić information content (AvgIpc) is 2.61. The molecule has 1 heteroatoms. The molecule has 0 aliphatic carbocycles. The van der Waals surface area contributed by atoms with Crippen LogP contribution in [0.4, 0.5) is 0 Å². The molecule has 0 aromatic heterocycles. The fourth-order valence-corrected chi connectivity index (χ4v) is 2.35. The van der Waals surface area contributed by atoms with Crippen LogP contribution >= 0.6 is 0 Å². The van der Waals surface area contributed by atoms with Gasteiger partial charge in [-0.1, -0.05) is 40.0 Å². The highest BCUT2D eigenvalue weighted by atomic mass is 15.1. The molecule has 1 rings (SSSR count). The fraction of sp³-hybridized carbons (Fsp3) is 1.00. The van der Waals surface area contributed by atoms with Crippen LogP contribution in [0.1, 0.15) is 65.7 Å². The van der Waals surface area contributed by atoms with E-state index in [0.29, 0.717) is 5.41 Å². The van der Waals surface area contributed by atoms with Gasteiger partial charge in [-0.3, -0.25) is 0 Å². The first-order chi connectivity index (χ1) is 7.08. The summed E-state index contributed by atoms with van der Waals surface area (Å²) in [5.74, 6) is 0. The number of unbranched alkanes of at least 4 members (excludes halogenated alkanes) is 3. The predicted molar refractivity (Wildman–Crippen MR) is 68.2 cm³/mol. The zero-order valence-electron chi connectivity index (χ0n) is 11.0. The molecule has 0 bridgehead atoms. The standard InChI is InChI=1S/C14H29N/c1-14(2,3)10-6-4-5-7-11-15-12-8-9-13-15/h4-13H2,1-3H3. The zero-order chi connectivity index (χ0) is 11.1. The smallest absolute Gasteiger partial charge is 0.00183 e. The Morgan fingerprint density at radius 2 is 1.47 bits per heavy atom. The summed E-state index contributed by atoms with van der Waals surface area (Å²) < 4.78 is 0. The van der Waals surface area contributed by atoms with Crippen LogP contribution in [0.3, 0.4) is 0 Å². The lowest BCUT2D eigenvalue weighted by atomic mass is 9.89. The monoisotopic (exact) mass is 211 g/mol. The summed E-state index contributed by atoms with van der Waals surface area (Å²) in [5.41, 5.74) is 0.537. The van der Waals surface area contributed by atoms with Crippen molar-refractivity contribution in [1.29, 1.82) is 0 Å². The van der Waals surface area contributed by atoms with Crippen LogP contribution in [0.15, 0.2) is 0 Å². The van der Waals surface area contributed by atoms with Crippen LogP contribution < -0.4 is 0 Å². The lowest BCUT2D eigenvalue weighted by Crippen LogP contribution is -2.20. The van der Waals surface area contributed by atoms with E-state index in [-0.39, 0.29) is 0 Å². The second-order valence-corrected chi connectivity index (χ2v) is 6.27. The molecule has 15 heavy (non-hydrogen) atoms. The minimum absolute atomic E-state index is 0.537. The number of rotatable bonds is 6. The van der Waals surface area contributed by atoms with E-state index >= 15 is 0 Å². The molecular weight excluding hydrogens is 182 g/mol. The largest absolute Gasteiger partial charge is 0.303 e. The van der Waals surface area contributed by atoms with Crippen LogP contribution in [-0.2, 0) is 0 Å². The van der Waals surface area contributed by atoms with Gasteiger partial charge in [0.2, 0.25) is 0 Å². The van der Waals surface area contributed by atoms with Crippen molar-refractivity contribution in [2.24, 2.45) is 5.41 Å². The van der Waals surface area contributed by atoms with Gasteiger partial charge in [0.1, 0.15) is 0 Å². The maximum absolute atomic E-state index is 2.63. The minimum atomic E-state index is 0.537. The van der Waals surface area contributed by atoms with Gasteiger partial charge in [0.25, 0.3) is 0 Å². The van der Waals surface area contributed by atoms with Gasteiger partial charge >= 0.3 is 0 Å². The zero-order valence-corrected chi connectivity index (χ0v) is 11.0. The Labute approximate surface area is 96.2 Å². The second kappa shape index (κ2) is 6.52. The molecule has 0 aromatic rings. The highest BCUT2D eigenvalue weighted by Crippen LogP contribution is 2.22. The lowest BCUT2D eigenvalue weighted by Gasteiger charge is -2.18. The van der Waals surface area contributed by atoms with Gasteiger partial charge in [0.15, 0.2) is 0 Å². The van der Waals surface area contributed by atoms with Crippen molar-refractivity contribution < 1.29 is 0 Å². The molecule has 1 fully saturated rings. The summed E-state index contributed by atoms with van der Waals surface area (Å²) in [7, 11) is 0. The van der Waals surface area contributed by atoms with Gasteiger partial charge in [-0.15, -0.1) is 0 Å². The number of hydrogen-bond acceptors (Lipinski definition) is 1. The normalized spacial score (nSPS) is 18.6. The van der Waals surface area contributed by atoms with E-state index in [0.717, 1.165) is 0 Å². The van der Waals surface area contributed by atoms with E-state index in [4.69, 9.17) is 0 Å². The maximum Gasteiger partial charge on any atom is -0.00183 e. The quantitative estimate of drug-likeness (QED) is 0.598. The number of hydrogen-bond donors (Lipinski definition) is 0. The van der Waals surface area contributed by atoms with Crippen molar-refractivity contribution in [3.63, 3.8) is 0 Å². The molecule has 0 aromatic carbocycles. The van der Waals surface area contributed by atoms with Crippen molar-refractivity contribution in [3.05, 3.63) is 0 Å². The SMILES string of the molecule is CC(C)(C)CCCCCCN1CCCC1. The van der Waals surface area contributed by atoms with Crippen molar-refractivity contribution in [2.45, 2.75) is 65.7 Å². The first kappa shape index (κ1) is 13.0. The van der Waals surface area contributed by atoms with Crippen LogP contribution in [-0.4, -0.2) is 24.5 Å². The summed E-state index contributed by atoms with van der Waals surface area (Å²) in [4.78, 5) is 2.63. The molecular formula is C14H29N. The molecule has 0 amide bonds. The van der Waals surface area contributed by atoms with E-state index < -0.39 is 0 Å². The summed E-state index contributed by atoms with van der Waals surface area (Å²) in [6, 6.07) is 0. The summed E-state index contributed by atoms with van der Waals surface area (Å²) >= 11 is 0. The topological polar surface area (TPSA) is 3.24 Å². The molecule has 1 nitrogen and oxygen atoms in total. The third-order valence-electron chi connectivity index (χ3n) is 3.35. The Morgan fingerprint density at radius 1 is 0.867 bits per heavy atom. The predicted octanol–water partition coefficient (Wildman–Crippen LogP) is 4.08. The molecule has 1 aliphatic rings. The van der Waals surface area contributed by atoms with E-state index in [1.807, 2.05) is 0 Å². The van der Waals surface area contributed by atoms with Crippen molar-refractivity contribution in [2.75, 3.05) is 19.6 Å². The molecule has 1 heterocycles.